The van der Waals surface area contributed by atoms with E-state index >= 15 is 0 Å². The molecular formula is C23H23NO4. The van der Waals surface area contributed by atoms with Crippen LogP contribution >= 0.6 is 0 Å². The number of hydrogen-bond acceptors (Lipinski definition) is 4. The van der Waals surface area contributed by atoms with Crippen molar-refractivity contribution >= 4 is 22.5 Å². The highest BCUT2D eigenvalue weighted by molar-refractivity contribution is 6.03. The number of ether oxygens (including phenoxy) is 1. The van der Waals surface area contributed by atoms with Crippen LogP contribution in [0, 0.1) is 0 Å². The van der Waals surface area contributed by atoms with Crippen LogP contribution in [0.2, 0.25) is 0 Å². The average molecular weight is 377 g/mol. The molecule has 5 nitrogen and oxygen atoms in total. The molecule has 0 aromatic heterocycles. The van der Waals surface area contributed by atoms with Gasteiger partial charge in [0.1, 0.15) is 12.4 Å². The second-order valence-corrected chi connectivity index (χ2v) is 6.35. The molecule has 0 fully saturated rings. The number of aliphatic carboxylic acids is 1. The number of fused-ring (bicyclic) bond motifs is 1. The Kier molecular flexibility index (Phi) is 6.63. The largest absolute Gasteiger partial charge is 0.490 e. The lowest BCUT2D eigenvalue weighted by molar-refractivity contribution is -0.136. The van der Waals surface area contributed by atoms with Crippen LogP contribution in [0.4, 0.5) is 0 Å². The van der Waals surface area contributed by atoms with Crippen LogP contribution in [0.25, 0.3) is 10.8 Å². The van der Waals surface area contributed by atoms with E-state index < -0.39 is 5.97 Å². The van der Waals surface area contributed by atoms with E-state index in [2.05, 4.69) is 35.5 Å². The first-order valence-corrected chi connectivity index (χ1v) is 9.27. The highest BCUT2D eigenvalue weighted by atomic mass is 16.6. The van der Waals surface area contributed by atoms with Crippen molar-refractivity contribution in [2.75, 3.05) is 13.2 Å². The van der Waals surface area contributed by atoms with Gasteiger partial charge in [0, 0.05) is 0 Å². The molecule has 0 unspecified atom stereocenters. The highest BCUT2D eigenvalue weighted by Gasteiger charge is 2.04. The predicted molar refractivity (Wildman–Crippen MR) is 110 cm³/mol. The van der Waals surface area contributed by atoms with E-state index in [1.807, 2.05) is 19.1 Å². The standard InChI is InChI=1S/C23H23NO4/c1-2-22(20-11-10-18-7-3-4-8-19(18)16-20)24-28-13-12-27-21-9-5-6-17(14-21)15-23(25)26/h3-11,14,16H,2,12-13,15H2,1H3,(H,25,26)/b24-22+. The zero-order chi connectivity index (χ0) is 19.8. The Balaban J connectivity index is 1.54. The van der Waals surface area contributed by atoms with Gasteiger partial charge >= 0.3 is 5.97 Å². The van der Waals surface area contributed by atoms with Crippen LogP contribution in [0.5, 0.6) is 5.75 Å². The zero-order valence-corrected chi connectivity index (χ0v) is 15.8. The summed E-state index contributed by atoms with van der Waals surface area (Å²) < 4.78 is 5.62. The van der Waals surface area contributed by atoms with Gasteiger partial charge in [0.2, 0.25) is 0 Å². The van der Waals surface area contributed by atoms with Gasteiger partial charge in [-0.05, 0) is 46.5 Å². The van der Waals surface area contributed by atoms with Crippen molar-refractivity contribution in [3.05, 3.63) is 77.9 Å². The molecule has 28 heavy (non-hydrogen) atoms. The van der Waals surface area contributed by atoms with Gasteiger partial charge in [-0.25, -0.2) is 0 Å². The van der Waals surface area contributed by atoms with Crippen molar-refractivity contribution < 1.29 is 19.5 Å². The molecule has 3 rings (SSSR count). The first kappa shape index (κ1) is 19.4. The monoisotopic (exact) mass is 377 g/mol. The van der Waals surface area contributed by atoms with Crippen LogP contribution in [0.1, 0.15) is 24.5 Å². The zero-order valence-electron chi connectivity index (χ0n) is 15.8. The minimum Gasteiger partial charge on any atom is -0.490 e. The maximum Gasteiger partial charge on any atom is 0.307 e. The van der Waals surface area contributed by atoms with Gasteiger partial charge < -0.3 is 14.7 Å². The molecule has 0 aliphatic heterocycles. The molecule has 3 aromatic carbocycles. The first-order valence-electron chi connectivity index (χ1n) is 9.27. The van der Waals surface area contributed by atoms with Gasteiger partial charge in [-0.15, -0.1) is 0 Å². The van der Waals surface area contributed by atoms with E-state index in [4.69, 9.17) is 14.7 Å². The minimum atomic E-state index is -0.865. The van der Waals surface area contributed by atoms with E-state index in [1.165, 1.54) is 10.8 Å². The number of carboxylic acids is 1. The fourth-order valence-electron chi connectivity index (χ4n) is 2.93. The Morgan fingerprint density at radius 2 is 1.79 bits per heavy atom. The molecule has 0 saturated carbocycles. The van der Waals surface area contributed by atoms with Gasteiger partial charge in [0.15, 0.2) is 6.61 Å². The Labute approximate surface area is 164 Å². The number of hydrogen-bond donors (Lipinski definition) is 1. The Morgan fingerprint density at radius 1 is 0.964 bits per heavy atom. The van der Waals surface area contributed by atoms with Gasteiger partial charge in [-0.3, -0.25) is 4.79 Å². The van der Waals surface area contributed by atoms with Crippen LogP contribution in [-0.4, -0.2) is 30.0 Å². The average Bonchev–Trinajstić information content (AvgIpc) is 2.70. The summed E-state index contributed by atoms with van der Waals surface area (Å²) in [5, 5.41) is 15.5. The SMILES string of the molecule is CC/C(=N\OCCOc1cccc(CC(=O)O)c1)c1ccc2ccccc2c1. The second-order valence-electron chi connectivity index (χ2n) is 6.35. The van der Waals surface area contributed by atoms with Crippen molar-refractivity contribution in [2.24, 2.45) is 5.16 Å². The van der Waals surface area contributed by atoms with Crippen LogP contribution < -0.4 is 4.74 Å². The summed E-state index contributed by atoms with van der Waals surface area (Å²) in [7, 11) is 0. The molecule has 1 N–H and O–H groups in total. The molecule has 0 aliphatic rings. The molecular weight excluding hydrogens is 354 g/mol. The summed E-state index contributed by atoms with van der Waals surface area (Å²) in [6, 6.07) is 21.5. The number of carbonyl (C=O) groups is 1. The molecule has 0 amide bonds. The molecule has 3 aromatic rings. The summed E-state index contributed by atoms with van der Waals surface area (Å²) in [6.45, 7) is 2.68. The Morgan fingerprint density at radius 3 is 2.57 bits per heavy atom. The third-order valence-corrected chi connectivity index (χ3v) is 4.29. The summed E-state index contributed by atoms with van der Waals surface area (Å²) >= 11 is 0. The van der Waals surface area contributed by atoms with E-state index in [1.54, 1.807) is 24.3 Å². The minimum absolute atomic E-state index is 0.0242. The maximum atomic E-state index is 10.8. The van der Waals surface area contributed by atoms with E-state index in [0.29, 0.717) is 24.5 Å². The highest BCUT2D eigenvalue weighted by Crippen LogP contribution is 2.17. The number of nitrogens with zero attached hydrogens (tertiary/aromatic N) is 1. The lowest BCUT2D eigenvalue weighted by atomic mass is 10.0. The lowest BCUT2D eigenvalue weighted by Gasteiger charge is -2.08. The molecule has 144 valence electrons. The lowest BCUT2D eigenvalue weighted by Crippen LogP contribution is -2.07. The van der Waals surface area contributed by atoms with Crippen molar-refractivity contribution in [2.45, 2.75) is 19.8 Å². The molecule has 0 radical (unpaired) electrons. The van der Waals surface area contributed by atoms with Crippen molar-refractivity contribution in [1.29, 1.82) is 0 Å². The molecule has 0 atom stereocenters. The number of carboxylic acid groups (broad SMARTS) is 1. The molecule has 5 heteroatoms. The summed E-state index contributed by atoms with van der Waals surface area (Å²) in [4.78, 5) is 16.2. The number of benzene rings is 3. The summed E-state index contributed by atoms with van der Waals surface area (Å²) in [6.07, 6.45) is 0.736. The van der Waals surface area contributed by atoms with Crippen LogP contribution in [0.15, 0.2) is 71.9 Å². The molecule has 0 bridgehead atoms. The molecule has 0 spiro atoms. The summed E-state index contributed by atoms with van der Waals surface area (Å²) in [5.74, 6) is -0.243. The van der Waals surface area contributed by atoms with E-state index in [-0.39, 0.29) is 6.42 Å². The smallest absolute Gasteiger partial charge is 0.307 e. The van der Waals surface area contributed by atoms with Crippen LogP contribution in [-0.2, 0) is 16.1 Å². The fraction of sp³-hybridized carbons (Fsp3) is 0.217. The first-order chi connectivity index (χ1) is 13.7. The van der Waals surface area contributed by atoms with Gasteiger partial charge in [-0.2, -0.15) is 0 Å². The molecule has 0 saturated heterocycles. The van der Waals surface area contributed by atoms with Crippen LogP contribution in [0.3, 0.4) is 0 Å². The van der Waals surface area contributed by atoms with Crippen molar-refractivity contribution in [3.63, 3.8) is 0 Å². The normalized spacial score (nSPS) is 11.4. The number of rotatable bonds is 9. The Hall–Kier alpha value is -3.34. The van der Waals surface area contributed by atoms with Crippen molar-refractivity contribution in [3.8, 4) is 5.75 Å². The summed E-state index contributed by atoms with van der Waals surface area (Å²) in [5.41, 5.74) is 2.63. The van der Waals surface area contributed by atoms with Gasteiger partial charge in [-0.1, -0.05) is 60.6 Å². The van der Waals surface area contributed by atoms with E-state index in [0.717, 1.165) is 17.7 Å². The maximum absolute atomic E-state index is 10.8. The second kappa shape index (κ2) is 9.55. The molecule has 0 aliphatic carbocycles. The quantitative estimate of drug-likeness (QED) is 0.334. The number of oxime groups is 1. The van der Waals surface area contributed by atoms with Crippen molar-refractivity contribution in [1.82, 2.24) is 0 Å². The topological polar surface area (TPSA) is 68.1 Å². The third kappa shape index (κ3) is 5.33. The molecule has 0 heterocycles. The van der Waals surface area contributed by atoms with Gasteiger partial charge in [0.25, 0.3) is 0 Å². The fourth-order valence-corrected chi connectivity index (χ4v) is 2.93. The third-order valence-electron chi connectivity index (χ3n) is 4.29. The van der Waals surface area contributed by atoms with E-state index in [9.17, 15) is 4.79 Å². The Bertz CT molecular complexity index is 981. The predicted octanol–water partition coefficient (Wildman–Crippen LogP) is 4.68. The van der Waals surface area contributed by atoms with Gasteiger partial charge in [0.05, 0.1) is 12.1 Å².